The molecule has 27 heavy (non-hydrogen) atoms. The monoisotopic (exact) mass is 379 g/mol. The van der Waals surface area contributed by atoms with Crippen molar-refractivity contribution in [1.29, 1.82) is 0 Å². The Labute approximate surface area is 158 Å². The third kappa shape index (κ3) is 3.87. The summed E-state index contributed by atoms with van der Waals surface area (Å²) in [6.45, 7) is 1.57. The summed E-state index contributed by atoms with van der Waals surface area (Å²) in [4.78, 5) is 14.0. The summed E-state index contributed by atoms with van der Waals surface area (Å²) >= 11 is 0. The van der Waals surface area contributed by atoms with Crippen LogP contribution in [0.15, 0.2) is 6.20 Å². The zero-order valence-electron chi connectivity index (χ0n) is 15.7. The van der Waals surface area contributed by atoms with Crippen molar-refractivity contribution in [2.75, 3.05) is 26.8 Å². The molecule has 1 unspecified atom stereocenters. The molecule has 4 atom stereocenters. The lowest BCUT2D eigenvalue weighted by atomic mass is 9.90. The minimum Gasteiger partial charge on any atom is -0.392 e. The average Bonchev–Trinajstić information content (AvgIpc) is 3.30. The maximum absolute atomic E-state index is 12.3. The van der Waals surface area contributed by atoms with Gasteiger partial charge in [-0.1, -0.05) is 5.21 Å². The fourth-order valence-electron chi connectivity index (χ4n) is 4.41. The van der Waals surface area contributed by atoms with Gasteiger partial charge in [0.25, 0.3) is 0 Å². The van der Waals surface area contributed by atoms with E-state index in [1.807, 2.05) is 6.20 Å². The summed E-state index contributed by atoms with van der Waals surface area (Å²) in [5.74, 6) is 0.470. The zero-order chi connectivity index (χ0) is 19.0. The molecule has 0 radical (unpaired) electrons. The van der Waals surface area contributed by atoms with E-state index in [4.69, 9.17) is 4.74 Å². The number of amides is 1. The van der Waals surface area contributed by atoms with Crippen LogP contribution in [0.1, 0.15) is 49.8 Å². The summed E-state index contributed by atoms with van der Waals surface area (Å²) in [5, 5.41) is 32.7. The van der Waals surface area contributed by atoms with Crippen molar-refractivity contribution in [3.63, 3.8) is 0 Å². The zero-order valence-corrected chi connectivity index (χ0v) is 15.7. The SMILES string of the molecule is CNC(=O)[C@@H]1C[C@@H](O)CN1C(O)[C@H](C1CCOCC1)n1cc(C2CC2)nn1. The molecule has 4 rings (SSSR count). The van der Waals surface area contributed by atoms with E-state index >= 15 is 0 Å². The van der Waals surface area contributed by atoms with E-state index in [9.17, 15) is 15.0 Å². The van der Waals surface area contributed by atoms with E-state index in [1.54, 1.807) is 16.6 Å². The molecule has 1 aliphatic carbocycles. The Kier molecular flexibility index (Phi) is 5.45. The van der Waals surface area contributed by atoms with Crippen LogP contribution in [0.4, 0.5) is 0 Å². The molecule has 9 heteroatoms. The first kappa shape index (κ1) is 18.8. The average molecular weight is 379 g/mol. The first-order valence-electron chi connectivity index (χ1n) is 9.91. The number of nitrogens with zero attached hydrogens (tertiary/aromatic N) is 4. The number of nitrogens with one attached hydrogen (secondary N) is 1. The molecular weight excluding hydrogens is 350 g/mol. The van der Waals surface area contributed by atoms with Crippen molar-refractivity contribution >= 4 is 5.91 Å². The van der Waals surface area contributed by atoms with Crippen molar-refractivity contribution in [1.82, 2.24) is 25.2 Å². The number of aromatic nitrogens is 3. The largest absolute Gasteiger partial charge is 0.392 e. The van der Waals surface area contributed by atoms with E-state index in [-0.39, 0.29) is 24.4 Å². The molecule has 1 aromatic heterocycles. The molecule has 1 saturated carbocycles. The molecule has 0 bridgehead atoms. The Morgan fingerprint density at radius 2 is 2.07 bits per heavy atom. The van der Waals surface area contributed by atoms with Gasteiger partial charge in [-0.2, -0.15) is 0 Å². The molecule has 0 spiro atoms. The second kappa shape index (κ2) is 7.83. The minimum atomic E-state index is -0.929. The highest BCUT2D eigenvalue weighted by Gasteiger charge is 2.44. The van der Waals surface area contributed by atoms with Crippen LogP contribution in [-0.2, 0) is 9.53 Å². The van der Waals surface area contributed by atoms with Crippen molar-refractivity contribution in [2.45, 2.75) is 62.4 Å². The van der Waals surface area contributed by atoms with E-state index in [1.165, 1.54) is 0 Å². The molecule has 3 fully saturated rings. The maximum atomic E-state index is 12.3. The number of rotatable bonds is 6. The van der Waals surface area contributed by atoms with Crippen LogP contribution in [0, 0.1) is 5.92 Å². The van der Waals surface area contributed by atoms with Gasteiger partial charge in [-0.3, -0.25) is 9.69 Å². The van der Waals surface area contributed by atoms with Gasteiger partial charge >= 0.3 is 0 Å². The van der Waals surface area contributed by atoms with E-state index in [0.717, 1.165) is 31.4 Å². The normalized spacial score (nSPS) is 29.6. The lowest BCUT2D eigenvalue weighted by molar-refractivity contribution is -0.133. The quantitative estimate of drug-likeness (QED) is 0.618. The van der Waals surface area contributed by atoms with Crippen LogP contribution in [-0.4, -0.2) is 81.2 Å². The fourth-order valence-corrected chi connectivity index (χ4v) is 4.41. The van der Waals surface area contributed by atoms with Gasteiger partial charge in [0, 0.05) is 38.9 Å². The Morgan fingerprint density at radius 3 is 2.74 bits per heavy atom. The standard InChI is InChI=1S/C18H29N5O4/c1-19-17(25)15-8-13(24)9-22(15)18(26)16(12-4-6-27-7-5-12)23-10-14(20-21-23)11-2-3-11/h10-13,15-16,18,24,26H,2-9H2,1H3,(H,19,25)/t13-,15+,16+,18?/m1/s1. The van der Waals surface area contributed by atoms with Crippen molar-refractivity contribution in [2.24, 2.45) is 5.92 Å². The highest BCUT2D eigenvalue weighted by Crippen LogP contribution is 2.40. The van der Waals surface area contributed by atoms with Crippen LogP contribution < -0.4 is 5.32 Å². The smallest absolute Gasteiger partial charge is 0.237 e. The second-order valence-corrected chi connectivity index (χ2v) is 7.97. The van der Waals surface area contributed by atoms with Gasteiger partial charge in [-0.25, -0.2) is 4.68 Å². The van der Waals surface area contributed by atoms with Gasteiger partial charge in [0.05, 0.1) is 23.9 Å². The summed E-state index contributed by atoms with van der Waals surface area (Å²) in [6.07, 6.45) is 4.63. The highest BCUT2D eigenvalue weighted by atomic mass is 16.5. The Bertz CT molecular complexity index is 658. The maximum Gasteiger partial charge on any atom is 0.237 e. The third-order valence-corrected chi connectivity index (χ3v) is 6.09. The summed E-state index contributed by atoms with van der Waals surface area (Å²) in [7, 11) is 1.58. The predicted molar refractivity (Wildman–Crippen MR) is 95.8 cm³/mol. The summed E-state index contributed by atoms with van der Waals surface area (Å²) < 4.78 is 7.27. The molecule has 150 valence electrons. The van der Waals surface area contributed by atoms with Crippen LogP contribution in [0.25, 0.3) is 0 Å². The molecular formula is C18H29N5O4. The van der Waals surface area contributed by atoms with Gasteiger partial charge in [0.1, 0.15) is 6.23 Å². The number of carbonyl (C=O) groups is 1. The number of likely N-dealkylation sites (N-methyl/N-ethyl adjacent to an activating group) is 1. The summed E-state index contributed by atoms with van der Waals surface area (Å²) in [6, 6.07) is -0.875. The Morgan fingerprint density at radius 1 is 1.33 bits per heavy atom. The van der Waals surface area contributed by atoms with Gasteiger partial charge in [0.15, 0.2) is 0 Å². The Hall–Kier alpha value is -1.55. The van der Waals surface area contributed by atoms with Crippen LogP contribution >= 0.6 is 0 Å². The number of β-amino-alcohol motifs (C(OH)–C–C–N with tert-alkyl or cyclic N) is 1. The first-order valence-corrected chi connectivity index (χ1v) is 9.91. The molecule has 3 aliphatic rings. The van der Waals surface area contributed by atoms with E-state index in [2.05, 4.69) is 15.6 Å². The minimum absolute atomic E-state index is 0.172. The van der Waals surface area contributed by atoms with Crippen molar-refractivity contribution in [3.8, 4) is 0 Å². The fraction of sp³-hybridized carbons (Fsp3) is 0.833. The number of ether oxygens (including phenoxy) is 1. The number of hydrogen-bond acceptors (Lipinski definition) is 7. The van der Waals surface area contributed by atoms with Gasteiger partial charge in [-0.15, -0.1) is 5.10 Å². The third-order valence-electron chi connectivity index (χ3n) is 6.09. The molecule has 1 amide bonds. The van der Waals surface area contributed by atoms with Gasteiger partial charge < -0.3 is 20.3 Å². The van der Waals surface area contributed by atoms with Gasteiger partial charge in [0.2, 0.25) is 5.91 Å². The number of hydrogen-bond donors (Lipinski definition) is 3. The summed E-state index contributed by atoms with van der Waals surface area (Å²) in [5.41, 5.74) is 0.976. The molecule has 0 aromatic carbocycles. The number of aliphatic hydroxyl groups is 2. The molecule has 3 heterocycles. The molecule has 1 aromatic rings. The van der Waals surface area contributed by atoms with Crippen LogP contribution in [0.2, 0.25) is 0 Å². The lowest BCUT2D eigenvalue weighted by Gasteiger charge is -2.38. The number of aliphatic hydroxyl groups excluding tert-OH is 2. The van der Waals surface area contributed by atoms with Crippen molar-refractivity contribution in [3.05, 3.63) is 11.9 Å². The topological polar surface area (TPSA) is 113 Å². The predicted octanol–water partition coefficient (Wildman–Crippen LogP) is -0.377. The van der Waals surface area contributed by atoms with E-state index < -0.39 is 18.4 Å². The molecule has 3 N–H and O–H groups in total. The lowest BCUT2D eigenvalue weighted by Crippen LogP contribution is -2.52. The second-order valence-electron chi connectivity index (χ2n) is 7.97. The highest BCUT2D eigenvalue weighted by molar-refractivity contribution is 5.81. The number of likely N-dealkylation sites (tertiary alicyclic amines) is 1. The van der Waals surface area contributed by atoms with E-state index in [0.29, 0.717) is 25.6 Å². The van der Waals surface area contributed by atoms with Crippen molar-refractivity contribution < 1.29 is 19.7 Å². The molecule has 2 aliphatic heterocycles. The first-order chi connectivity index (χ1) is 13.1. The van der Waals surface area contributed by atoms with Crippen LogP contribution in [0.5, 0.6) is 0 Å². The van der Waals surface area contributed by atoms with Crippen LogP contribution in [0.3, 0.4) is 0 Å². The number of carbonyl (C=O) groups excluding carboxylic acids is 1. The van der Waals surface area contributed by atoms with Gasteiger partial charge in [-0.05, 0) is 38.0 Å². The molecule has 2 saturated heterocycles. The molecule has 9 nitrogen and oxygen atoms in total. The Balaban J connectivity index is 1.60.